The van der Waals surface area contributed by atoms with Gasteiger partial charge in [-0.15, -0.1) is 0 Å². The van der Waals surface area contributed by atoms with E-state index in [0.717, 1.165) is 44.9 Å². The molecule has 46 heavy (non-hydrogen) atoms. The summed E-state index contributed by atoms with van der Waals surface area (Å²) in [5, 5.41) is 11.9. The van der Waals surface area contributed by atoms with Crippen LogP contribution in [-0.2, 0) is 5.41 Å². The van der Waals surface area contributed by atoms with Crippen molar-refractivity contribution in [2.24, 2.45) is 17.3 Å². The van der Waals surface area contributed by atoms with Crippen molar-refractivity contribution >= 4 is 10.8 Å². The van der Waals surface area contributed by atoms with Crippen molar-refractivity contribution in [3.05, 3.63) is 126 Å². The number of hydrogen-bond acceptors (Lipinski definition) is 4. The minimum atomic E-state index is 0.352. The van der Waals surface area contributed by atoms with Gasteiger partial charge in [0.1, 0.15) is 0 Å². The average molecular weight is 595 g/mol. The first kappa shape index (κ1) is 27.2. The van der Waals surface area contributed by atoms with E-state index in [1.165, 1.54) is 43.2 Å². The van der Waals surface area contributed by atoms with E-state index in [0.29, 0.717) is 33.9 Å². The molecule has 0 amide bonds. The summed E-state index contributed by atoms with van der Waals surface area (Å²) in [6.07, 6.45) is 6.89. The lowest BCUT2D eigenvalue weighted by molar-refractivity contribution is 0.195. The molecule has 1 heterocycles. The smallest absolute Gasteiger partial charge is 0.164 e. The second-order valence-electron chi connectivity index (χ2n) is 14.0. The molecule has 222 valence electrons. The van der Waals surface area contributed by atoms with E-state index in [1.807, 2.05) is 78.9 Å². The van der Waals surface area contributed by atoms with Gasteiger partial charge < -0.3 is 0 Å². The van der Waals surface area contributed by atoms with Gasteiger partial charge in [0.2, 0.25) is 0 Å². The Labute approximate surface area is 269 Å². The maximum Gasteiger partial charge on any atom is 0.164 e. The predicted molar refractivity (Wildman–Crippen MR) is 184 cm³/mol. The lowest BCUT2D eigenvalue weighted by atomic mass is 9.72. The maximum absolute atomic E-state index is 9.87. The van der Waals surface area contributed by atoms with E-state index in [9.17, 15) is 5.26 Å². The molecule has 5 aromatic carbocycles. The summed E-state index contributed by atoms with van der Waals surface area (Å²) in [4.78, 5) is 14.9. The molecule has 4 atom stereocenters. The fraction of sp³-hybridized carbons (Fsp3) is 0.238. The zero-order chi connectivity index (χ0) is 30.9. The monoisotopic (exact) mass is 594 g/mol. The van der Waals surface area contributed by atoms with Crippen molar-refractivity contribution in [3.63, 3.8) is 0 Å². The molecule has 0 spiro atoms. The minimum Gasteiger partial charge on any atom is -0.208 e. The van der Waals surface area contributed by atoms with Gasteiger partial charge in [-0.1, -0.05) is 104 Å². The summed E-state index contributed by atoms with van der Waals surface area (Å²) in [7, 11) is 0. The molecule has 2 bridgehead atoms. The molecule has 4 heteroatoms. The Kier molecular flexibility index (Phi) is 6.02. The van der Waals surface area contributed by atoms with Gasteiger partial charge in [0.05, 0.1) is 11.6 Å². The number of rotatable bonds is 5. The van der Waals surface area contributed by atoms with Gasteiger partial charge in [0.25, 0.3) is 0 Å². The molecule has 0 N–H and O–H groups in total. The third-order valence-electron chi connectivity index (χ3n) is 11.6. The molecule has 1 unspecified atom stereocenters. The molecule has 6 aromatic rings. The van der Waals surface area contributed by atoms with Crippen LogP contribution >= 0.6 is 0 Å². The van der Waals surface area contributed by atoms with Crippen LogP contribution in [-0.4, -0.2) is 15.0 Å². The number of hydrogen-bond donors (Lipinski definition) is 0. The first-order chi connectivity index (χ1) is 22.5. The second kappa shape index (κ2) is 10.2. The van der Waals surface area contributed by atoms with Crippen molar-refractivity contribution in [2.45, 2.75) is 44.4 Å². The maximum atomic E-state index is 9.87. The SMILES string of the molecule is C[C@@]12CC3(c4ccc(-c5ccc(-c6nc(-c7ccccc7)nc(-c7ccccc7)n6)c6ccc(C#N)cc56)cc4)C[C@H]1CC[C@H]2C3. The molecule has 0 aliphatic heterocycles. The zero-order valence-corrected chi connectivity index (χ0v) is 25.9. The highest BCUT2D eigenvalue weighted by Crippen LogP contribution is 2.72. The van der Waals surface area contributed by atoms with Crippen molar-refractivity contribution in [3.8, 4) is 51.4 Å². The van der Waals surface area contributed by atoms with E-state index in [2.05, 4.69) is 49.4 Å². The summed E-state index contributed by atoms with van der Waals surface area (Å²) in [6, 6.07) is 42.1. The van der Waals surface area contributed by atoms with Gasteiger partial charge in [-0.2, -0.15) is 5.26 Å². The molecule has 3 saturated carbocycles. The Morgan fingerprint density at radius 3 is 1.78 bits per heavy atom. The predicted octanol–water partition coefficient (Wildman–Crippen LogP) is 10.0. The number of fused-ring (bicyclic) bond motifs is 2. The van der Waals surface area contributed by atoms with Crippen molar-refractivity contribution < 1.29 is 0 Å². The van der Waals surface area contributed by atoms with Gasteiger partial charge in [0.15, 0.2) is 17.5 Å². The standard InChI is InChI=1S/C42H34N4/c1-41-26-42(23-32(41)17-18-33(41)24-42)31-15-13-28(14-16-31)34-20-21-36(35-19-12-27(25-43)22-37(34)35)40-45-38(29-8-4-2-5-9-29)44-39(46-40)30-10-6-3-7-11-30/h2-16,19-22,32-33H,17-18,23-24,26H2,1H3/t32-,33+,41-,42?. The summed E-state index contributed by atoms with van der Waals surface area (Å²) >= 11 is 0. The molecule has 0 saturated heterocycles. The Hall–Kier alpha value is -5.14. The molecular formula is C42H34N4. The Morgan fingerprint density at radius 2 is 1.20 bits per heavy atom. The summed E-state index contributed by atoms with van der Waals surface area (Å²) in [5.74, 6) is 3.67. The third kappa shape index (κ3) is 4.15. The van der Waals surface area contributed by atoms with Crippen LogP contribution in [0.3, 0.4) is 0 Å². The normalized spacial score (nSPS) is 24.3. The lowest BCUT2D eigenvalue weighted by Crippen LogP contribution is -2.26. The molecule has 9 rings (SSSR count). The second-order valence-corrected chi connectivity index (χ2v) is 14.0. The van der Waals surface area contributed by atoms with E-state index >= 15 is 0 Å². The molecule has 3 aliphatic rings. The Balaban J connectivity index is 1.17. The third-order valence-corrected chi connectivity index (χ3v) is 11.6. The van der Waals surface area contributed by atoms with Gasteiger partial charge in [-0.25, -0.2) is 15.0 Å². The fourth-order valence-electron chi connectivity index (χ4n) is 9.39. The lowest BCUT2D eigenvalue weighted by Gasteiger charge is -2.33. The number of nitrogens with zero attached hydrogens (tertiary/aromatic N) is 4. The summed E-state index contributed by atoms with van der Waals surface area (Å²) in [6.45, 7) is 2.57. The van der Waals surface area contributed by atoms with Crippen LogP contribution < -0.4 is 0 Å². The molecule has 3 fully saturated rings. The molecule has 1 aromatic heterocycles. The van der Waals surface area contributed by atoms with Crippen LogP contribution in [0.4, 0.5) is 0 Å². The number of nitriles is 1. The topological polar surface area (TPSA) is 62.5 Å². The molecular weight excluding hydrogens is 560 g/mol. The Morgan fingerprint density at radius 1 is 0.609 bits per heavy atom. The van der Waals surface area contributed by atoms with Gasteiger partial charge in [-0.3, -0.25) is 0 Å². The van der Waals surface area contributed by atoms with E-state index in [4.69, 9.17) is 15.0 Å². The molecule has 0 radical (unpaired) electrons. The van der Waals surface area contributed by atoms with Crippen LogP contribution in [0.15, 0.2) is 115 Å². The minimum absolute atomic E-state index is 0.352. The van der Waals surface area contributed by atoms with Crippen molar-refractivity contribution in [2.75, 3.05) is 0 Å². The molecule has 3 aliphatic carbocycles. The van der Waals surface area contributed by atoms with Crippen LogP contribution in [0.5, 0.6) is 0 Å². The van der Waals surface area contributed by atoms with Crippen LogP contribution in [0.25, 0.3) is 56.1 Å². The zero-order valence-electron chi connectivity index (χ0n) is 25.9. The van der Waals surface area contributed by atoms with Crippen LogP contribution in [0, 0.1) is 28.6 Å². The molecule has 4 nitrogen and oxygen atoms in total. The first-order valence-electron chi connectivity index (χ1n) is 16.5. The van der Waals surface area contributed by atoms with Crippen molar-refractivity contribution in [1.82, 2.24) is 15.0 Å². The highest BCUT2D eigenvalue weighted by Gasteiger charge is 2.65. The number of aromatic nitrogens is 3. The first-order valence-corrected chi connectivity index (χ1v) is 16.5. The highest BCUT2D eigenvalue weighted by molar-refractivity contribution is 6.04. The number of benzene rings is 5. The van der Waals surface area contributed by atoms with E-state index in [-0.39, 0.29) is 0 Å². The van der Waals surface area contributed by atoms with Gasteiger partial charge >= 0.3 is 0 Å². The van der Waals surface area contributed by atoms with Gasteiger partial charge in [0, 0.05) is 16.7 Å². The van der Waals surface area contributed by atoms with Crippen LogP contribution in [0.2, 0.25) is 0 Å². The van der Waals surface area contributed by atoms with Crippen LogP contribution in [0.1, 0.15) is 50.2 Å². The fourth-order valence-corrected chi connectivity index (χ4v) is 9.39. The highest BCUT2D eigenvalue weighted by atomic mass is 15.0. The average Bonchev–Trinajstić information content (AvgIpc) is 3.62. The largest absolute Gasteiger partial charge is 0.208 e. The van der Waals surface area contributed by atoms with E-state index in [1.54, 1.807) is 0 Å². The van der Waals surface area contributed by atoms with Gasteiger partial charge in [-0.05, 0) is 100 Å². The quantitative estimate of drug-likeness (QED) is 0.199. The summed E-state index contributed by atoms with van der Waals surface area (Å²) in [5.41, 5.74) is 8.13. The Bertz CT molecular complexity index is 2090. The summed E-state index contributed by atoms with van der Waals surface area (Å²) < 4.78 is 0. The van der Waals surface area contributed by atoms with E-state index < -0.39 is 0 Å². The van der Waals surface area contributed by atoms with Crippen molar-refractivity contribution in [1.29, 1.82) is 5.26 Å².